The average molecular weight is 179 g/mol. The van der Waals surface area contributed by atoms with Gasteiger partial charge in [-0.25, -0.2) is 4.39 Å². The summed E-state index contributed by atoms with van der Waals surface area (Å²) in [6.45, 7) is -0.470. The lowest BCUT2D eigenvalue weighted by Gasteiger charge is -1.96. The third-order valence-electron chi connectivity index (χ3n) is 2.20. The van der Waals surface area contributed by atoms with Crippen LogP contribution in [0.25, 0.3) is 10.9 Å². The first-order chi connectivity index (χ1) is 6.22. The second-order valence-corrected chi connectivity index (χ2v) is 3.10. The van der Waals surface area contributed by atoms with Crippen LogP contribution < -0.4 is 0 Å². The Hall–Kier alpha value is -1.51. The molecule has 13 heavy (non-hydrogen) atoms. The van der Waals surface area contributed by atoms with Gasteiger partial charge in [0.15, 0.2) is 0 Å². The van der Waals surface area contributed by atoms with Crippen LogP contribution in [0.2, 0.25) is 0 Å². The van der Waals surface area contributed by atoms with E-state index in [1.54, 1.807) is 24.4 Å². The zero-order chi connectivity index (χ0) is 9.42. The van der Waals surface area contributed by atoms with Crippen molar-refractivity contribution < 1.29 is 9.50 Å². The van der Waals surface area contributed by atoms with Crippen LogP contribution in [-0.2, 0) is 13.7 Å². The fourth-order valence-electron chi connectivity index (χ4n) is 1.56. The Morgan fingerprint density at radius 3 is 2.92 bits per heavy atom. The first kappa shape index (κ1) is 8.10. The van der Waals surface area contributed by atoms with Gasteiger partial charge in [0.05, 0.1) is 5.52 Å². The molecule has 0 aliphatic carbocycles. The van der Waals surface area contributed by atoms with E-state index in [9.17, 15) is 9.50 Å². The van der Waals surface area contributed by atoms with Crippen LogP contribution in [0.5, 0.6) is 5.75 Å². The Morgan fingerprint density at radius 1 is 1.46 bits per heavy atom. The summed E-state index contributed by atoms with van der Waals surface area (Å²) in [5, 5.41) is 10.1. The van der Waals surface area contributed by atoms with Gasteiger partial charge in [0.2, 0.25) is 0 Å². The molecule has 0 radical (unpaired) electrons. The number of fused-ring (bicyclic) bond motifs is 1. The lowest BCUT2D eigenvalue weighted by molar-refractivity contribution is 0.476. The molecule has 0 atom stereocenters. The van der Waals surface area contributed by atoms with Crippen molar-refractivity contribution in [3.05, 3.63) is 30.0 Å². The lowest BCUT2D eigenvalue weighted by Crippen LogP contribution is -1.82. The highest BCUT2D eigenvalue weighted by atomic mass is 19.1. The van der Waals surface area contributed by atoms with Gasteiger partial charge in [-0.15, -0.1) is 0 Å². The van der Waals surface area contributed by atoms with E-state index in [4.69, 9.17) is 0 Å². The number of rotatable bonds is 1. The van der Waals surface area contributed by atoms with E-state index in [1.807, 2.05) is 11.6 Å². The first-order valence-corrected chi connectivity index (χ1v) is 4.05. The van der Waals surface area contributed by atoms with Crippen LogP contribution in [0.4, 0.5) is 4.39 Å². The monoisotopic (exact) mass is 179 g/mol. The Kier molecular flexibility index (Phi) is 1.72. The number of aromatic nitrogens is 1. The molecule has 1 N–H and O–H groups in total. The highest BCUT2D eigenvalue weighted by Crippen LogP contribution is 2.24. The lowest BCUT2D eigenvalue weighted by atomic mass is 10.2. The maximum Gasteiger partial charge on any atom is 0.117 e. The molecule has 68 valence electrons. The van der Waals surface area contributed by atoms with Gasteiger partial charge in [-0.05, 0) is 12.1 Å². The van der Waals surface area contributed by atoms with Gasteiger partial charge in [-0.3, -0.25) is 0 Å². The summed E-state index contributed by atoms with van der Waals surface area (Å²) in [5.74, 6) is 0.208. The van der Waals surface area contributed by atoms with Crippen LogP contribution in [-0.4, -0.2) is 9.67 Å². The topological polar surface area (TPSA) is 25.2 Å². The smallest absolute Gasteiger partial charge is 0.117 e. The molecule has 0 spiro atoms. The predicted molar refractivity (Wildman–Crippen MR) is 49.4 cm³/mol. The largest absolute Gasteiger partial charge is 0.508 e. The number of aromatic hydroxyl groups is 1. The van der Waals surface area contributed by atoms with Crippen LogP contribution in [0, 0.1) is 0 Å². The molecule has 2 rings (SSSR count). The summed E-state index contributed by atoms with van der Waals surface area (Å²) < 4.78 is 14.3. The molecule has 0 saturated carbocycles. The highest BCUT2D eigenvalue weighted by molar-refractivity contribution is 5.85. The first-order valence-electron chi connectivity index (χ1n) is 4.05. The average Bonchev–Trinajstić information content (AvgIpc) is 2.43. The Bertz CT molecular complexity index is 447. The second-order valence-electron chi connectivity index (χ2n) is 3.10. The number of aryl methyl sites for hydroxylation is 1. The molecular formula is C10H10FNO. The van der Waals surface area contributed by atoms with Gasteiger partial charge in [-0.1, -0.05) is 0 Å². The minimum Gasteiger partial charge on any atom is -0.508 e. The fourth-order valence-corrected chi connectivity index (χ4v) is 1.56. The van der Waals surface area contributed by atoms with E-state index in [1.165, 1.54) is 0 Å². The van der Waals surface area contributed by atoms with Gasteiger partial charge in [-0.2, -0.15) is 0 Å². The SMILES string of the molecule is Cn1cc(CF)c2ccc(O)cc21. The third kappa shape index (κ3) is 1.16. The molecule has 1 heterocycles. The number of halogens is 1. The van der Waals surface area contributed by atoms with Crippen molar-refractivity contribution in [3.8, 4) is 5.75 Å². The van der Waals surface area contributed by atoms with Crippen molar-refractivity contribution in [2.24, 2.45) is 7.05 Å². The van der Waals surface area contributed by atoms with Gasteiger partial charge in [0.1, 0.15) is 12.4 Å². The maximum absolute atomic E-state index is 12.5. The number of hydrogen-bond donors (Lipinski definition) is 1. The summed E-state index contributed by atoms with van der Waals surface area (Å²) in [6, 6.07) is 4.94. The van der Waals surface area contributed by atoms with E-state index in [0.717, 1.165) is 10.9 Å². The molecule has 0 aliphatic heterocycles. The molecular weight excluding hydrogens is 169 g/mol. The van der Waals surface area contributed by atoms with E-state index < -0.39 is 6.67 Å². The van der Waals surface area contributed by atoms with Crippen molar-refractivity contribution in [2.75, 3.05) is 0 Å². The molecule has 0 fully saturated rings. The number of nitrogens with zero attached hydrogens (tertiary/aromatic N) is 1. The Balaban J connectivity index is 2.80. The van der Waals surface area contributed by atoms with Crippen LogP contribution in [0.15, 0.2) is 24.4 Å². The van der Waals surface area contributed by atoms with Gasteiger partial charge in [0.25, 0.3) is 0 Å². The standard InChI is InChI=1S/C10H10FNO/c1-12-6-7(5-11)9-3-2-8(13)4-10(9)12/h2-4,6,13H,5H2,1H3. The predicted octanol–water partition coefficient (Wildman–Crippen LogP) is 2.35. The van der Waals surface area contributed by atoms with Crippen LogP contribution in [0.3, 0.4) is 0 Å². The number of phenolic OH excluding ortho intramolecular Hbond substituents is 1. The number of alkyl halides is 1. The van der Waals surface area contributed by atoms with E-state index in [2.05, 4.69) is 0 Å². The molecule has 0 bridgehead atoms. The Morgan fingerprint density at radius 2 is 2.23 bits per heavy atom. The molecule has 0 aliphatic rings. The van der Waals surface area contributed by atoms with Gasteiger partial charge in [0, 0.05) is 30.3 Å². The molecule has 1 aromatic heterocycles. The highest BCUT2D eigenvalue weighted by Gasteiger charge is 2.05. The number of hydrogen-bond acceptors (Lipinski definition) is 1. The minimum atomic E-state index is -0.470. The summed E-state index contributed by atoms with van der Waals surface area (Å²) >= 11 is 0. The quantitative estimate of drug-likeness (QED) is 0.714. The summed E-state index contributed by atoms with van der Waals surface area (Å²) in [7, 11) is 1.83. The molecule has 0 unspecified atom stereocenters. The van der Waals surface area contributed by atoms with E-state index >= 15 is 0 Å². The fraction of sp³-hybridized carbons (Fsp3) is 0.200. The Labute approximate surface area is 75.2 Å². The van der Waals surface area contributed by atoms with Crippen molar-refractivity contribution >= 4 is 10.9 Å². The van der Waals surface area contributed by atoms with Gasteiger partial charge < -0.3 is 9.67 Å². The maximum atomic E-state index is 12.5. The van der Waals surface area contributed by atoms with Crippen molar-refractivity contribution in [2.45, 2.75) is 6.67 Å². The summed E-state index contributed by atoms with van der Waals surface area (Å²) in [5.41, 5.74) is 1.52. The third-order valence-corrected chi connectivity index (χ3v) is 2.20. The van der Waals surface area contributed by atoms with Gasteiger partial charge >= 0.3 is 0 Å². The molecule has 3 heteroatoms. The van der Waals surface area contributed by atoms with Crippen LogP contribution in [0.1, 0.15) is 5.56 Å². The van der Waals surface area contributed by atoms with E-state index in [0.29, 0.717) is 5.56 Å². The molecule has 2 aromatic rings. The van der Waals surface area contributed by atoms with Crippen molar-refractivity contribution in [3.63, 3.8) is 0 Å². The zero-order valence-electron chi connectivity index (χ0n) is 7.29. The number of phenols is 1. The van der Waals surface area contributed by atoms with E-state index in [-0.39, 0.29) is 5.75 Å². The zero-order valence-corrected chi connectivity index (χ0v) is 7.29. The minimum absolute atomic E-state index is 0.208. The molecule has 1 aromatic carbocycles. The van der Waals surface area contributed by atoms with Crippen LogP contribution >= 0.6 is 0 Å². The summed E-state index contributed by atoms with van der Waals surface area (Å²) in [4.78, 5) is 0. The number of benzene rings is 1. The summed E-state index contributed by atoms with van der Waals surface area (Å²) in [6.07, 6.45) is 1.74. The molecule has 2 nitrogen and oxygen atoms in total. The normalized spacial score (nSPS) is 10.9. The molecule has 0 saturated heterocycles. The molecule has 0 amide bonds. The second kappa shape index (κ2) is 2.76. The van der Waals surface area contributed by atoms with Crippen molar-refractivity contribution in [1.29, 1.82) is 0 Å². The van der Waals surface area contributed by atoms with Crippen molar-refractivity contribution in [1.82, 2.24) is 4.57 Å².